The highest BCUT2D eigenvalue weighted by Gasteiger charge is 2.39. The van der Waals surface area contributed by atoms with Gasteiger partial charge in [-0.2, -0.15) is 0 Å². The second kappa shape index (κ2) is 10.7. The lowest BCUT2D eigenvalue weighted by Gasteiger charge is -2.30. The van der Waals surface area contributed by atoms with Gasteiger partial charge in [0.2, 0.25) is 0 Å². The molecule has 1 aromatic rings. The lowest BCUT2D eigenvalue weighted by atomic mass is 9.80. The van der Waals surface area contributed by atoms with E-state index in [1.165, 1.54) is 7.11 Å². The summed E-state index contributed by atoms with van der Waals surface area (Å²) in [5.41, 5.74) is 2.14. The van der Waals surface area contributed by atoms with Gasteiger partial charge in [0.05, 0.1) is 40.8 Å². The van der Waals surface area contributed by atoms with E-state index in [0.29, 0.717) is 28.6 Å². The summed E-state index contributed by atoms with van der Waals surface area (Å²) in [6.45, 7) is 5.83. The summed E-state index contributed by atoms with van der Waals surface area (Å²) in [5, 5.41) is 3.64. The van der Waals surface area contributed by atoms with E-state index in [4.69, 9.17) is 37.4 Å². The fourth-order valence-electron chi connectivity index (χ4n) is 3.18. The number of halogens is 2. The summed E-state index contributed by atoms with van der Waals surface area (Å²) < 4.78 is 15.6. The molecule has 2 rings (SSSR count). The Morgan fingerprint density at radius 2 is 1.76 bits per heavy atom. The summed E-state index contributed by atoms with van der Waals surface area (Å²) in [7, 11) is 1.28. The van der Waals surface area contributed by atoms with Crippen LogP contribution in [0.3, 0.4) is 0 Å². The Kier molecular flexibility index (Phi) is 8.56. The van der Waals surface area contributed by atoms with Crippen LogP contribution in [0.15, 0.2) is 40.7 Å². The summed E-state index contributed by atoms with van der Waals surface area (Å²) in [4.78, 5) is 25.5. The number of hydrogen-bond donors (Lipinski definition) is 1. The van der Waals surface area contributed by atoms with Crippen molar-refractivity contribution >= 4 is 35.1 Å². The van der Waals surface area contributed by atoms with Crippen molar-refractivity contribution in [1.82, 2.24) is 5.32 Å². The van der Waals surface area contributed by atoms with Crippen molar-refractivity contribution in [2.45, 2.75) is 39.5 Å². The van der Waals surface area contributed by atoms with Crippen molar-refractivity contribution < 1.29 is 23.8 Å². The number of allylic oxidation sites excluding steroid dienone is 2. The normalized spacial score (nSPS) is 16.6. The molecule has 158 valence electrons. The molecular formula is C21H25Cl2NO5. The van der Waals surface area contributed by atoms with Gasteiger partial charge < -0.3 is 19.5 Å². The number of unbranched alkanes of at least 4 members (excludes halogenated alkanes) is 1. The SMILES string of the molecule is CCCCOCOC(=O)C1=C(C)NC(C)=C(C(=O)OC)[C@@H]1c1cccc(Cl)c1Cl. The van der Waals surface area contributed by atoms with E-state index in [2.05, 4.69) is 5.32 Å². The summed E-state index contributed by atoms with van der Waals surface area (Å²) in [5.74, 6) is -1.98. The number of benzene rings is 1. The van der Waals surface area contributed by atoms with Gasteiger partial charge in [0, 0.05) is 11.4 Å². The molecule has 1 aliphatic heterocycles. The molecule has 1 aliphatic rings. The smallest absolute Gasteiger partial charge is 0.338 e. The highest BCUT2D eigenvalue weighted by atomic mass is 35.5. The number of carbonyl (C=O) groups excluding carboxylic acids is 2. The molecule has 0 aromatic heterocycles. The standard InChI is InChI=1S/C21H25Cl2NO5/c1-5-6-10-28-11-29-21(26)17-13(3)24-12(2)16(20(25)27-4)18(17)14-8-7-9-15(22)19(14)23/h7-9,18,24H,5-6,10-11H2,1-4H3/t18-/m0/s1. The van der Waals surface area contributed by atoms with Gasteiger partial charge in [0.15, 0.2) is 6.79 Å². The third-order valence-electron chi connectivity index (χ3n) is 4.59. The number of hydrogen-bond acceptors (Lipinski definition) is 6. The molecule has 0 saturated heterocycles. The van der Waals surface area contributed by atoms with Gasteiger partial charge in [-0.1, -0.05) is 48.7 Å². The minimum atomic E-state index is -0.793. The highest BCUT2D eigenvalue weighted by Crippen LogP contribution is 2.43. The minimum Gasteiger partial charge on any atom is -0.466 e. The van der Waals surface area contributed by atoms with Crippen molar-refractivity contribution in [3.8, 4) is 0 Å². The molecule has 0 bridgehead atoms. The number of methoxy groups -OCH3 is 1. The van der Waals surface area contributed by atoms with Crippen LogP contribution in [0.25, 0.3) is 0 Å². The first-order chi connectivity index (χ1) is 13.8. The molecule has 1 atom stereocenters. The number of dihydropyridines is 1. The number of esters is 2. The maximum Gasteiger partial charge on any atom is 0.338 e. The molecule has 8 heteroatoms. The molecule has 0 fully saturated rings. The monoisotopic (exact) mass is 441 g/mol. The van der Waals surface area contributed by atoms with Crippen molar-refractivity contribution in [3.05, 3.63) is 56.3 Å². The fraction of sp³-hybridized carbons (Fsp3) is 0.429. The predicted molar refractivity (Wildman–Crippen MR) is 112 cm³/mol. The Morgan fingerprint density at radius 3 is 2.38 bits per heavy atom. The maximum absolute atomic E-state index is 12.9. The van der Waals surface area contributed by atoms with Gasteiger partial charge in [-0.15, -0.1) is 0 Å². The van der Waals surface area contributed by atoms with E-state index < -0.39 is 17.9 Å². The minimum absolute atomic E-state index is 0.179. The van der Waals surface area contributed by atoms with Crippen LogP contribution in [-0.4, -0.2) is 32.4 Å². The van der Waals surface area contributed by atoms with E-state index in [1.54, 1.807) is 32.0 Å². The summed E-state index contributed by atoms with van der Waals surface area (Å²) >= 11 is 12.6. The summed E-state index contributed by atoms with van der Waals surface area (Å²) in [6, 6.07) is 5.07. The average Bonchev–Trinajstić information content (AvgIpc) is 2.68. The van der Waals surface area contributed by atoms with Crippen LogP contribution in [0.4, 0.5) is 0 Å². The van der Waals surface area contributed by atoms with Crippen LogP contribution in [0.1, 0.15) is 45.1 Å². The molecular weight excluding hydrogens is 417 g/mol. The quantitative estimate of drug-likeness (QED) is 0.357. The van der Waals surface area contributed by atoms with Crippen LogP contribution in [0, 0.1) is 0 Å². The first-order valence-corrected chi connectivity index (χ1v) is 10.0. The number of nitrogens with one attached hydrogen (secondary N) is 1. The Labute approximate surface area is 180 Å². The van der Waals surface area contributed by atoms with E-state index >= 15 is 0 Å². The van der Waals surface area contributed by atoms with Gasteiger partial charge in [0.1, 0.15) is 0 Å². The number of rotatable bonds is 8. The molecule has 0 amide bonds. The molecule has 1 aromatic carbocycles. The van der Waals surface area contributed by atoms with Crippen molar-refractivity contribution in [2.24, 2.45) is 0 Å². The Balaban J connectivity index is 2.46. The first kappa shape index (κ1) is 23.3. The van der Waals surface area contributed by atoms with Crippen LogP contribution >= 0.6 is 23.2 Å². The third-order valence-corrected chi connectivity index (χ3v) is 5.43. The second-order valence-corrected chi connectivity index (χ2v) is 7.37. The second-order valence-electron chi connectivity index (χ2n) is 6.58. The lowest BCUT2D eigenvalue weighted by Crippen LogP contribution is -2.32. The van der Waals surface area contributed by atoms with Crippen LogP contribution in [0.2, 0.25) is 10.0 Å². The van der Waals surface area contributed by atoms with E-state index in [1.807, 2.05) is 6.92 Å². The van der Waals surface area contributed by atoms with Crippen LogP contribution in [-0.2, 0) is 23.8 Å². The molecule has 0 saturated carbocycles. The molecule has 0 unspecified atom stereocenters. The van der Waals surface area contributed by atoms with Crippen molar-refractivity contribution in [1.29, 1.82) is 0 Å². The van der Waals surface area contributed by atoms with Gasteiger partial charge in [-0.05, 0) is 31.9 Å². The largest absolute Gasteiger partial charge is 0.466 e. The Hall–Kier alpha value is -2.02. The van der Waals surface area contributed by atoms with Gasteiger partial charge >= 0.3 is 11.9 Å². The number of carbonyl (C=O) groups is 2. The van der Waals surface area contributed by atoms with Gasteiger partial charge in [0.25, 0.3) is 0 Å². The average molecular weight is 442 g/mol. The van der Waals surface area contributed by atoms with Gasteiger partial charge in [-0.25, -0.2) is 9.59 Å². The third kappa shape index (κ3) is 5.32. The van der Waals surface area contributed by atoms with Gasteiger partial charge in [-0.3, -0.25) is 0 Å². The topological polar surface area (TPSA) is 73.9 Å². The molecule has 0 spiro atoms. The highest BCUT2D eigenvalue weighted by molar-refractivity contribution is 6.42. The van der Waals surface area contributed by atoms with Crippen molar-refractivity contribution in [3.63, 3.8) is 0 Å². The summed E-state index contributed by atoms with van der Waals surface area (Å²) in [6.07, 6.45) is 1.85. The molecule has 1 heterocycles. The van der Waals surface area contributed by atoms with E-state index in [-0.39, 0.29) is 23.0 Å². The predicted octanol–water partition coefficient (Wildman–Crippen LogP) is 4.72. The van der Waals surface area contributed by atoms with Crippen LogP contribution in [0.5, 0.6) is 0 Å². The zero-order valence-electron chi connectivity index (χ0n) is 16.9. The van der Waals surface area contributed by atoms with Crippen LogP contribution < -0.4 is 5.32 Å². The Bertz CT molecular complexity index is 847. The fourth-order valence-corrected chi connectivity index (χ4v) is 3.59. The molecule has 0 aliphatic carbocycles. The Morgan fingerprint density at radius 1 is 1.10 bits per heavy atom. The van der Waals surface area contributed by atoms with Crippen molar-refractivity contribution in [2.75, 3.05) is 20.5 Å². The lowest BCUT2D eigenvalue weighted by molar-refractivity contribution is -0.151. The zero-order chi connectivity index (χ0) is 21.6. The van der Waals surface area contributed by atoms with E-state index in [0.717, 1.165) is 12.8 Å². The van der Waals surface area contributed by atoms with E-state index in [9.17, 15) is 9.59 Å². The first-order valence-electron chi connectivity index (χ1n) is 9.29. The maximum atomic E-state index is 12.9. The molecule has 29 heavy (non-hydrogen) atoms. The molecule has 1 N–H and O–H groups in total. The number of ether oxygens (including phenoxy) is 3. The molecule has 6 nitrogen and oxygen atoms in total. The molecule has 0 radical (unpaired) electrons. The zero-order valence-corrected chi connectivity index (χ0v) is 18.4.